The number of nitrogens with zero attached hydrogens (tertiary/aromatic N) is 2. The lowest BCUT2D eigenvalue weighted by molar-refractivity contribution is -0.274. The van der Waals surface area contributed by atoms with Crippen LogP contribution < -0.4 is 16.2 Å². The number of halogens is 4. The number of ether oxygens (including phenoxy) is 1. The van der Waals surface area contributed by atoms with Crippen LogP contribution in [-0.4, -0.2) is 22.1 Å². The number of fused-ring (bicyclic) bond motifs is 1. The summed E-state index contributed by atoms with van der Waals surface area (Å²) < 4.78 is 54.4. The van der Waals surface area contributed by atoms with Crippen LogP contribution in [0.2, 0.25) is 5.02 Å². The van der Waals surface area contributed by atoms with Crippen LogP contribution in [0, 0.1) is 0 Å². The van der Waals surface area contributed by atoms with Crippen molar-refractivity contribution in [1.82, 2.24) is 4.57 Å². The quantitative estimate of drug-likeness (QED) is 0.364. The Kier molecular flexibility index (Phi) is 6.94. The van der Waals surface area contributed by atoms with Crippen molar-refractivity contribution in [2.75, 3.05) is 0 Å². The van der Waals surface area contributed by atoms with Crippen molar-refractivity contribution in [2.45, 2.75) is 24.6 Å². The molecule has 3 aromatic rings. The number of allylic oxidation sites excluding steroid dienone is 1. The zero-order valence-electron chi connectivity index (χ0n) is 18.1. The predicted octanol–water partition coefficient (Wildman–Crippen LogP) is 4.73. The lowest BCUT2D eigenvalue weighted by Crippen LogP contribution is -2.46. The second-order valence-electron chi connectivity index (χ2n) is 7.44. The first-order valence-corrected chi connectivity index (χ1v) is 10.2. The first-order valence-electron chi connectivity index (χ1n) is 9.86. The molecule has 1 aromatic heterocycles. The van der Waals surface area contributed by atoms with Crippen molar-refractivity contribution in [1.29, 1.82) is 0 Å². The topological polar surface area (TPSA) is 103 Å². The van der Waals surface area contributed by atoms with Crippen LogP contribution >= 0.6 is 11.6 Å². The molecule has 0 spiro atoms. The molecule has 3 N–H and O–H groups in total. The molecule has 0 radical (unpaired) electrons. The van der Waals surface area contributed by atoms with Crippen LogP contribution in [-0.2, 0) is 12.6 Å². The van der Waals surface area contributed by atoms with Gasteiger partial charge in [-0.05, 0) is 54.2 Å². The van der Waals surface area contributed by atoms with E-state index in [1.807, 2.05) is 0 Å². The van der Waals surface area contributed by atoms with E-state index >= 15 is 0 Å². The third kappa shape index (κ3) is 4.59. The van der Waals surface area contributed by atoms with E-state index in [1.165, 1.54) is 56.7 Å². The fraction of sp³-hybridized carbons (Fsp3) is 0.217. The number of rotatable bonds is 7. The van der Waals surface area contributed by atoms with Crippen molar-refractivity contribution in [3.8, 4) is 5.75 Å². The second-order valence-corrected chi connectivity index (χ2v) is 7.84. The number of hydrogen-bond acceptors (Lipinski definition) is 6. The Labute approximate surface area is 197 Å². The van der Waals surface area contributed by atoms with Gasteiger partial charge in [-0.1, -0.05) is 30.7 Å². The van der Waals surface area contributed by atoms with Crippen molar-refractivity contribution in [3.63, 3.8) is 0 Å². The highest BCUT2D eigenvalue weighted by Gasteiger charge is 2.59. The van der Waals surface area contributed by atoms with Gasteiger partial charge in [-0.3, -0.25) is 4.57 Å². The standard InChI is InChI=1S/C23H21ClF3N3O4/c1-13(17-7-6-16(12-18(17)24)33-14(2)29-10-4-9-28)22(32,23(25,26)27)15-5-8-20-19(11-15)30(3)21(31)34-20/h4-13,32H,2,28H2,1,3H3/b9-4-,29-10-/t13-,22-/m1/s1. The Morgan fingerprint density at radius 1 is 1.32 bits per heavy atom. The SMILES string of the molecule is C=C(/N=C\C=C/N)Oc1ccc([C@@H](C)[C@@](O)(c2ccc3oc(=O)n(C)c3c2)C(F)(F)F)c(Cl)c1. The molecule has 0 fully saturated rings. The molecule has 0 bridgehead atoms. The molecule has 180 valence electrons. The summed E-state index contributed by atoms with van der Waals surface area (Å²) in [4.78, 5) is 15.6. The maximum atomic E-state index is 14.3. The Morgan fingerprint density at radius 2 is 2.03 bits per heavy atom. The van der Waals surface area contributed by atoms with Crippen LogP contribution in [0.25, 0.3) is 11.1 Å². The fourth-order valence-electron chi connectivity index (χ4n) is 3.51. The van der Waals surface area contributed by atoms with E-state index in [9.17, 15) is 23.1 Å². The number of nitrogens with two attached hydrogens (primary N) is 1. The molecule has 0 aliphatic carbocycles. The van der Waals surface area contributed by atoms with E-state index in [2.05, 4.69) is 11.6 Å². The Bertz CT molecular complexity index is 1340. The molecule has 0 unspecified atom stereocenters. The highest BCUT2D eigenvalue weighted by atomic mass is 35.5. The maximum absolute atomic E-state index is 14.3. The lowest BCUT2D eigenvalue weighted by atomic mass is 9.77. The Hall–Kier alpha value is -3.50. The van der Waals surface area contributed by atoms with Crippen LogP contribution in [0.5, 0.6) is 5.75 Å². The lowest BCUT2D eigenvalue weighted by Gasteiger charge is -2.37. The minimum absolute atomic E-state index is 0.000730. The maximum Gasteiger partial charge on any atom is 0.422 e. The molecule has 34 heavy (non-hydrogen) atoms. The van der Waals surface area contributed by atoms with Gasteiger partial charge in [0.05, 0.1) is 5.52 Å². The summed E-state index contributed by atoms with van der Waals surface area (Å²) in [5, 5.41) is 11.0. The molecule has 0 saturated heterocycles. The molecule has 3 rings (SSSR count). The van der Waals surface area contributed by atoms with E-state index in [4.69, 9.17) is 26.5 Å². The monoisotopic (exact) mass is 495 g/mol. The van der Waals surface area contributed by atoms with Gasteiger partial charge >= 0.3 is 11.9 Å². The molecule has 7 nitrogen and oxygen atoms in total. The number of oxazole rings is 1. The first-order chi connectivity index (χ1) is 15.9. The average Bonchev–Trinajstić information content (AvgIpc) is 3.05. The van der Waals surface area contributed by atoms with Gasteiger partial charge in [0.25, 0.3) is 0 Å². The van der Waals surface area contributed by atoms with Gasteiger partial charge < -0.3 is 20.0 Å². The molecular weight excluding hydrogens is 475 g/mol. The van der Waals surface area contributed by atoms with Crippen molar-refractivity contribution in [3.05, 3.63) is 87.8 Å². The summed E-state index contributed by atoms with van der Waals surface area (Å²) in [6.07, 6.45) is -1.03. The smallest absolute Gasteiger partial charge is 0.422 e. The highest BCUT2D eigenvalue weighted by molar-refractivity contribution is 6.31. The van der Waals surface area contributed by atoms with Gasteiger partial charge in [-0.15, -0.1) is 0 Å². The minimum Gasteiger partial charge on any atom is -0.440 e. The summed E-state index contributed by atoms with van der Waals surface area (Å²) in [6.45, 7) is 4.80. The summed E-state index contributed by atoms with van der Waals surface area (Å²) in [7, 11) is 1.35. The first kappa shape index (κ1) is 25.1. The van der Waals surface area contributed by atoms with Crippen LogP contribution in [0.15, 0.2) is 75.3 Å². The highest BCUT2D eigenvalue weighted by Crippen LogP contribution is 2.50. The van der Waals surface area contributed by atoms with Gasteiger partial charge in [-0.25, -0.2) is 9.79 Å². The number of alkyl halides is 3. The molecule has 1 heterocycles. The summed E-state index contributed by atoms with van der Waals surface area (Å²) in [5.74, 6) is -2.09. The summed E-state index contributed by atoms with van der Waals surface area (Å²) in [6, 6.07) is 7.36. The minimum atomic E-state index is -5.08. The Morgan fingerprint density at radius 3 is 2.65 bits per heavy atom. The van der Waals surface area contributed by atoms with Gasteiger partial charge in [0.2, 0.25) is 5.88 Å². The number of hydrogen-bond donors (Lipinski definition) is 2. The summed E-state index contributed by atoms with van der Waals surface area (Å²) >= 11 is 6.29. The van der Waals surface area contributed by atoms with E-state index in [1.54, 1.807) is 0 Å². The molecule has 11 heteroatoms. The molecule has 2 atom stereocenters. The fourth-order valence-corrected chi connectivity index (χ4v) is 3.84. The van der Waals surface area contributed by atoms with Crippen LogP contribution in [0.1, 0.15) is 24.0 Å². The van der Waals surface area contributed by atoms with Crippen LogP contribution in [0.3, 0.4) is 0 Å². The molecule has 2 aromatic carbocycles. The van der Waals surface area contributed by atoms with E-state index in [-0.39, 0.29) is 33.3 Å². The average molecular weight is 496 g/mol. The zero-order chi connectivity index (χ0) is 25.3. The number of aryl methyl sites for hydroxylation is 1. The van der Waals surface area contributed by atoms with Gasteiger partial charge in [-0.2, -0.15) is 13.2 Å². The molecule has 0 saturated carbocycles. The molecule has 0 amide bonds. The number of aromatic nitrogens is 1. The van der Waals surface area contributed by atoms with Gasteiger partial charge in [0.15, 0.2) is 11.2 Å². The third-order valence-corrected chi connectivity index (χ3v) is 5.71. The van der Waals surface area contributed by atoms with Gasteiger partial charge in [0.1, 0.15) is 5.75 Å². The third-order valence-electron chi connectivity index (χ3n) is 5.38. The van der Waals surface area contributed by atoms with Crippen molar-refractivity contribution < 1.29 is 27.4 Å². The number of aliphatic imine (C=N–C) groups is 1. The van der Waals surface area contributed by atoms with Crippen LogP contribution in [0.4, 0.5) is 13.2 Å². The Balaban J connectivity index is 2.02. The zero-order valence-corrected chi connectivity index (χ0v) is 18.9. The van der Waals surface area contributed by atoms with Gasteiger partial charge in [0, 0.05) is 24.2 Å². The molecule has 0 aliphatic heterocycles. The second kappa shape index (κ2) is 9.40. The molecule has 0 aliphatic rings. The normalized spacial score (nSPS) is 15.1. The van der Waals surface area contributed by atoms with E-state index < -0.39 is 29.0 Å². The summed E-state index contributed by atoms with van der Waals surface area (Å²) in [5.41, 5.74) is 1.62. The predicted molar refractivity (Wildman–Crippen MR) is 123 cm³/mol. The number of benzene rings is 2. The van der Waals surface area contributed by atoms with E-state index in [0.29, 0.717) is 0 Å². The number of aliphatic hydroxyl groups is 1. The molecular formula is C23H21ClF3N3O4. The van der Waals surface area contributed by atoms with Crippen molar-refractivity contribution in [2.24, 2.45) is 17.8 Å². The largest absolute Gasteiger partial charge is 0.440 e. The van der Waals surface area contributed by atoms with Crippen molar-refractivity contribution >= 4 is 28.9 Å². The van der Waals surface area contributed by atoms with E-state index in [0.717, 1.165) is 16.7 Å².